The maximum atomic E-state index is 13.9. The minimum absolute atomic E-state index is 0.115. The number of nitrogens with one attached hydrogen (secondary N) is 1. The standard InChI is InChI=1S/C23H15BrFN3O4/c24-19-9-15(12-27-28-22(29)18-6-4-14(11-26)10-20(18)25)5-7-21(19)32-13-16-2-1-3-17(8-16)23(30)31/h1-10,12H,13H2,(H,28,29)(H,30,31)/b27-12+. The molecular formula is C23H15BrFN3O4. The maximum absolute atomic E-state index is 13.9. The SMILES string of the molecule is N#Cc1ccc(C(=O)N/N=C/c2ccc(OCc3cccc(C(=O)O)c3)c(Br)c2)c(F)c1. The Bertz CT molecular complexity index is 1250. The normalized spacial score (nSPS) is 10.5. The van der Waals surface area contributed by atoms with Gasteiger partial charge in [-0.15, -0.1) is 0 Å². The Kier molecular flexibility index (Phi) is 7.31. The van der Waals surface area contributed by atoms with E-state index in [2.05, 4.69) is 26.5 Å². The first-order valence-corrected chi connectivity index (χ1v) is 9.94. The van der Waals surface area contributed by atoms with Gasteiger partial charge in [0.05, 0.1) is 33.4 Å². The molecule has 0 aliphatic carbocycles. The molecule has 0 fully saturated rings. The number of rotatable bonds is 7. The molecule has 0 bridgehead atoms. The lowest BCUT2D eigenvalue weighted by molar-refractivity contribution is 0.0696. The molecule has 0 unspecified atom stereocenters. The van der Waals surface area contributed by atoms with Crippen molar-refractivity contribution < 1.29 is 23.8 Å². The molecule has 0 saturated heterocycles. The quantitative estimate of drug-likeness (QED) is 0.370. The van der Waals surface area contributed by atoms with E-state index in [0.717, 1.165) is 6.07 Å². The van der Waals surface area contributed by atoms with E-state index in [1.165, 1.54) is 30.5 Å². The van der Waals surface area contributed by atoms with Crippen molar-refractivity contribution in [2.45, 2.75) is 6.61 Å². The fourth-order valence-corrected chi connectivity index (χ4v) is 3.18. The summed E-state index contributed by atoms with van der Waals surface area (Å²) in [4.78, 5) is 23.1. The number of nitrogens with zero attached hydrogens (tertiary/aromatic N) is 2. The van der Waals surface area contributed by atoms with Gasteiger partial charge in [-0.1, -0.05) is 12.1 Å². The van der Waals surface area contributed by atoms with Crippen molar-refractivity contribution in [3.8, 4) is 11.8 Å². The van der Waals surface area contributed by atoms with Crippen LogP contribution in [0.5, 0.6) is 5.75 Å². The second-order valence-electron chi connectivity index (χ2n) is 6.49. The summed E-state index contributed by atoms with van der Waals surface area (Å²) in [7, 11) is 0. The Morgan fingerprint density at radius 2 is 2.00 bits per heavy atom. The van der Waals surface area contributed by atoms with Gasteiger partial charge in [0.1, 0.15) is 18.2 Å². The van der Waals surface area contributed by atoms with E-state index in [0.29, 0.717) is 21.3 Å². The highest BCUT2D eigenvalue weighted by Gasteiger charge is 2.11. The van der Waals surface area contributed by atoms with Gasteiger partial charge < -0.3 is 9.84 Å². The predicted octanol–water partition coefficient (Wildman–Crippen LogP) is 4.50. The number of hydrogen-bond acceptors (Lipinski definition) is 5. The first kappa shape index (κ1) is 22.7. The van der Waals surface area contributed by atoms with Gasteiger partial charge in [-0.3, -0.25) is 4.79 Å². The maximum Gasteiger partial charge on any atom is 0.335 e. The van der Waals surface area contributed by atoms with Crippen LogP contribution in [0.3, 0.4) is 0 Å². The molecule has 7 nitrogen and oxygen atoms in total. The summed E-state index contributed by atoms with van der Waals surface area (Å²) < 4.78 is 20.2. The van der Waals surface area contributed by atoms with E-state index >= 15 is 0 Å². The Labute approximate surface area is 190 Å². The van der Waals surface area contributed by atoms with Gasteiger partial charge in [-0.2, -0.15) is 10.4 Å². The van der Waals surface area contributed by atoms with E-state index in [4.69, 9.17) is 15.1 Å². The summed E-state index contributed by atoms with van der Waals surface area (Å²) in [6, 6.07) is 16.9. The second-order valence-corrected chi connectivity index (χ2v) is 7.34. The van der Waals surface area contributed by atoms with Crippen LogP contribution in [0.1, 0.15) is 37.4 Å². The number of ether oxygens (including phenoxy) is 1. The topological polar surface area (TPSA) is 112 Å². The fraction of sp³-hybridized carbons (Fsp3) is 0.0435. The Hall–Kier alpha value is -4.03. The van der Waals surface area contributed by atoms with Gasteiger partial charge in [0.25, 0.3) is 5.91 Å². The molecule has 0 heterocycles. The van der Waals surface area contributed by atoms with E-state index < -0.39 is 17.7 Å². The van der Waals surface area contributed by atoms with Crippen LogP contribution in [0.4, 0.5) is 4.39 Å². The molecule has 1 amide bonds. The molecule has 0 saturated carbocycles. The van der Waals surface area contributed by atoms with Gasteiger partial charge in [0, 0.05) is 0 Å². The Morgan fingerprint density at radius 1 is 1.19 bits per heavy atom. The molecule has 2 N–H and O–H groups in total. The van der Waals surface area contributed by atoms with Gasteiger partial charge in [-0.25, -0.2) is 14.6 Å². The summed E-state index contributed by atoms with van der Waals surface area (Å²) in [5, 5.41) is 21.6. The van der Waals surface area contributed by atoms with Crippen LogP contribution < -0.4 is 10.2 Å². The van der Waals surface area contributed by atoms with E-state index in [1.54, 1.807) is 36.4 Å². The summed E-state index contributed by atoms with van der Waals surface area (Å²) in [6.45, 7) is 0.180. The number of carboxylic acid groups (broad SMARTS) is 1. The number of carbonyl (C=O) groups is 2. The van der Waals surface area contributed by atoms with Crippen LogP contribution in [-0.4, -0.2) is 23.2 Å². The summed E-state index contributed by atoms with van der Waals surface area (Å²) in [6.07, 6.45) is 1.38. The summed E-state index contributed by atoms with van der Waals surface area (Å²) in [5.74, 6) is -2.03. The second kappa shape index (κ2) is 10.3. The minimum Gasteiger partial charge on any atom is -0.488 e. The molecule has 0 aliphatic rings. The molecule has 3 aromatic carbocycles. The fourth-order valence-electron chi connectivity index (χ4n) is 2.66. The lowest BCUT2D eigenvalue weighted by Gasteiger charge is -2.09. The van der Waals surface area contributed by atoms with Crippen molar-refractivity contribution in [2.24, 2.45) is 5.10 Å². The monoisotopic (exact) mass is 495 g/mol. The highest BCUT2D eigenvalue weighted by Crippen LogP contribution is 2.26. The number of aromatic carboxylic acids is 1. The molecule has 3 aromatic rings. The first-order valence-electron chi connectivity index (χ1n) is 9.15. The molecule has 9 heteroatoms. The molecule has 0 spiro atoms. The van der Waals surface area contributed by atoms with Gasteiger partial charge in [0.15, 0.2) is 0 Å². The van der Waals surface area contributed by atoms with Crippen molar-refractivity contribution in [1.82, 2.24) is 5.43 Å². The van der Waals surface area contributed by atoms with Crippen molar-refractivity contribution in [2.75, 3.05) is 0 Å². The lowest BCUT2D eigenvalue weighted by atomic mass is 10.1. The van der Waals surface area contributed by atoms with Crippen LogP contribution >= 0.6 is 15.9 Å². The average molecular weight is 496 g/mol. The van der Waals surface area contributed by atoms with E-state index in [9.17, 15) is 14.0 Å². The molecule has 0 aliphatic heterocycles. The number of halogens is 2. The Morgan fingerprint density at radius 3 is 2.69 bits per heavy atom. The van der Waals surface area contributed by atoms with Crippen molar-refractivity contribution in [3.05, 3.63) is 98.8 Å². The van der Waals surface area contributed by atoms with Crippen LogP contribution in [0.15, 0.2) is 70.2 Å². The van der Waals surface area contributed by atoms with Crippen molar-refractivity contribution in [1.29, 1.82) is 5.26 Å². The van der Waals surface area contributed by atoms with E-state index in [1.807, 2.05) is 0 Å². The zero-order valence-corrected chi connectivity index (χ0v) is 18.0. The number of nitriles is 1. The predicted molar refractivity (Wildman–Crippen MR) is 118 cm³/mol. The molecule has 0 aromatic heterocycles. The molecule has 0 atom stereocenters. The van der Waals surface area contributed by atoms with Gasteiger partial charge in [0.2, 0.25) is 0 Å². The third kappa shape index (κ3) is 5.77. The third-order valence-electron chi connectivity index (χ3n) is 4.25. The summed E-state index contributed by atoms with van der Waals surface area (Å²) >= 11 is 3.39. The first-order chi connectivity index (χ1) is 15.4. The van der Waals surface area contributed by atoms with Crippen LogP contribution in [-0.2, 0) is 6.61 Å². The van der Waals surface area contributed by atoms with Gasteiger partial charge in [-0.05, 0) is 75.6 Å². The van der Waals surface area contributed by atoms with Crippen LogP contribution in [0.2, 0.25) is 0 Å². The highest BCUT2D eigenvalue weighted by atomic mass is 79.9. The van der Waals surface area contributed by atoms with Gasteiger partial charge >= 0.3 is 5.97 Å². The number of benzene rings is 3. The third-order valence-corrected chi connectivity index (χ3v) is 4.87. The van der Waals surface area contributed by atoms with E-state index in [-0.39, 0.29) is 23.3 Å². The zero-order chi connectivity index (χ0) is 23.1. The minimum atomic E-state index is -1.01. The number of carbonyl (C=O) groups excluding carboxylic acids is 1. The smallest absolute Gasteiger partial charge is 0.335 e. The molecule has 160 valence electrons. The van der Waals surface area contributed by atoms with Crippen LogP contribution in [0.25, 0.3) is 0 Å². The van der Waals surface area contributed by atoms with Crippen molar-refractivity contribution in [3.63, 3.8) is 0 Å². The van der Waals surface area contributed by atoms with Crippen molar-refractivity contribution >= 4 is 34.0 Å². The lowest BCUT2D eigenvalue weighted by Crippen LogP contribution is -2.19. The van der Waals surface area contributed by atoms with Crippen LogP contribution in [0, 0.1) is 17.1 Å². The average Bonchev–Trinajstić information content (AvgIpc) is 2.78. The highest BCUT2D eigenvalue weighted by molar-refractivity contribution is 9.10. The number of amides is 1. The zero-order valence-electron chi connectivity index (χ0n) is 16.4. The largest absolute Gasteiger partial charge is 0.488 e. The Balaban J connectivity index is 1.61. The molecule has 32 heavy (non-hydrogen) atoms. The number of hydrogen-bond donors (Lipinski definition) is 2. The molecular weight excluding hydrogens is 481 g/mol. The molecule has 3 rings (SSSR count). The number of carboxylic acids is 1. The number of hydrazone groups is 1. The summed E-state index contributed by atoms with van der Waals surface area (Å²) in [5.41, 5.74) is 3.65. The molecule has 0 radical (unpaired) electrons.